The van der Waals surface area contributed by atoms with Gasteiger partial charge in [0.2, 0.25) is 5.91 Å². The van der Waals surface area contributed by atoms with E-state index in [1.54, 1.807) is 11.3 Å². The number of amides is 1. The van der Waals surface area contributed by atoms with Crippen molar-refractivity contribution >= 4 is 33.7 Å². The minimum absolute atomic E-state index is 0.0120. The predicted molar refractivity (Wildman–Crippen MR) is 97.8 cm³/mol. The number of carbonyl (C=O) groups is 1. The molecule has 0 saturated heterocycles. The topological polar surface area (TPSA) is 32.3 Å². The molecule has 23 heavy (non-hydrogen) atoms. The lowest BCUT2D eigenvalue weighted by Gasteiger charge is -2.23. The molecule has 2 aromatic carbocycles. The molecule has 3 nitrogen and oxygen atoms in total. The number of hydrogen-bond acceptors (Lipinski definition) is 3. The third-order valence-corrected chi connectivity index (χ3v) is 4.80. The Labute approximate surface area is 140 Å². The van der Waals surface area contributed by atoms with Gasteiger partial charge in [-0.1, -0.05) is 30.3 Å². The molecule has 0 aliphatic heterocycles. The second kappa shape index (κ2) is 6.94. The number of rotatable bonds is 5. The lowest BCUT2D eigenvalue weighted by atomic mass is 10.1. The fraction of sp³-hybridized carbons (Fsp3) is 0.211. The summed E-state index contributed by atoms with van der Waals surface area (Å²) in [6, 6.07) is 16.0. The number of anilines is 1. The molecule has 4 heteroatoms. The highest BCUT2D eigenvalue weighted by atomic mass is 32.1. The van der Waals surface area contributed by atoms with Crippen LogP contribution in [0.3, 0.4) is 0 Å². The van der Waals surface area contributed by atoms with Crippen LogP contribution in [-0.4, -0.2) is 23.9 Å². The van der Waals surface area contributed by atoms with Crippen LogP contribution in [0.15, 0.2) is 59.3 Å². The molecule has 3 aromatic rings. The fourth-order valence-electron chi connectivity index (χ4n) is 2.52. The first-order valence-electron chi connectivity index (χ1n) is 7.64. The first kappa shape index (κ1) is 15.7. The maximum atomic E-state index is 12.5. The Morgan fingerprint density at radius 2 is 1.96 bits per heavy atom. The highest BCUT2D eigenvalue weighted by molar-refractivity contribution is 7.07. The highest BCUT2D eigenvalue weighted by Crippen LogP contribution is 2.19. The molecular weight excluding hydrogens is 304 g/mol. The van der Waals surface area contributed by atoms with Gasteiger partial charge in [-0.05, 0) is 59.3 Å². The summed E-state index contributed by atoms with van der Waals surface area (Å²) in [6.45, 7) is 2.71. The summed E-state index contributed by atoms with van der Waals surface area (Å²) in [4.78, 5) is 14.5. The van der Waals surface area contributed by atoms with Crippen molar-refractivity contribution in [1.29, 1.82) is 0 Å². The molecule has 0 aliphatic rings. The smallest absolute Gasteiger partial charge is 0.241 e. The van der Waals surface area contributed by atoms with E-state index in [0.717, 1.165) is 17.6 Å². The van der Waals surface area contributed by atoms with Crippen molar-refractivity contribution in [3.63, 3.8) is 0 Å². The molecule has 0 radical (unpaired) electrons. The summed E-state index contributed by atoms with van der Waals surface area (Å²) in [5, 5.41) is 9.49. The van der Waals surface area contributed by atoms with Gasteiger partial charge < -0.3 is 5.32 Å². The van der Waals surface area contributed by atoms with Gasteiger partial charge in [-0.25, -0.2) is 0 Å². The zero-order chi connectivity index (χ0) is 16.2. The average Bonchev–Trinajstić information content (AvgIpc) is 3.07. The van der Waals surface area contributed by atoms with Gasteiger partial charge in [-0.2, -0.15) is 11.3 Å². The lowest BCUT2D eigenvalue weighted by Crippen LogP contribution is -2.39. The SMILES string of the molecule is C[C@@H](C(=O)Nc1ccc2ccccc2c1)N(C)Cc1ccsc1. The Morgan fingerprint density at radius 3 is 2.70 bits per heavy atom. The second-order valence-corrected chi connectivity index (χ2v) is 6.55. The van der Waals surface area contributed by atoms with Crippen molar-refractivity contribution in [3.05, 3.63) is 64.9 Å². The lowest BCUT2D eigenvalue weighted by molar-refractivity contribution is -0.120. The van der Waals surface area contributed by atoms with E-state index in [2.05, 4.69) is 39.2 Å². The van der Waals surface area contributed by atoms with E-state index in [-0.39, 0.29) is 11.9 Å². The molecule has 1 heterocycles. The number of thiophene rings is 1. The molecule has 0 spiro atoms. The number of fused-ring (bicyclic) bond motifs is 1. The standard InChI is InChI=1S/C19H20N2OS/c1-14(21(2)12-15-9-10-23-13-15)19(22)20-18-8-7-16-5-3-4-6-17(16)11-18/h3-11,13-14H,12H2,1-2H3,(H,20,22)/t14-/m0/s1. The van der Waals surface area contributed by atoms with Crippen LogP contribution < -0.4 is 5.32 Å². The summed E-state index contributed by atoms with van der Waals surface area (Å²) in [7, 11) is 1.97. The van der Waals surface area contributed by atoms with E-state index in [0.29, 0.717) is 0 Å². The minimum Gasteiger partial charge on any atom is -0.325 e. The van der Waals surface area contributed by atoms with Crippen LogP contribution in [-0.2, 0) is 11.3 Å². The molecule has 118 valence electrons. The summed E-state index contributed by atoms with van der Waals surface area (Å²) < 4.78 is 0. The average molecular weight is 324 g/mol. The molecule has 0 fully saturated rings. The van der Waals surface area contributed by atoms with Crippen LogP contribution >= 0.6 is 11.3 Å². The largest absolute Gasteiger partial charge is 0.325 e. The number of nitrogens with one attached hydrogen (secondary N) is 1. The minimum atomic E-state index is -0.193. The summed E-state index contributed by atoms with van der Waals surface area (Å²) in [5.41, 5.74) is 2.08. The second-order valence-electron chi connectivity index (χ2n) is 5.77. The molecule has 1 atom stereocenters. The van der Waals surface area contributed by atoms with Gasteiger partial charge in [0, 0.05) is 12.2 Å². The van der Waals surface area contributed by atoms with Crippen LogP contribution in [0.5, 0.6) is 0 Å². The van der Waals surface area contributed by atoms with E-state index in [4.69, 9.17) is 0 Å². The first-order chi connectivity index (χ1) is 11.1. The molecule has 1 aromatic heterocycles. The van der Waals surface area contributed by atoms with E-state index < -0.39 is 0 Å². The van der Waals surface area contributed by atoms with Gasteiger partial charge in [0.1, 0.15) is 0 Å². The van der Waals surface area contributed by atoms with Crippen molar-refractivity contribution in [2.24, 2.45) is 0 Å². The first-order valence-corrected chi connectivity index (χ1v) is 8.59. The normalized spacial score (nSPS) is 12.5. The van der Waals surface area contributed by atoms with Crippen molar-refractivity contribution in [1.82, 2.24) is 4.90 Å². The van der Waals surface area contributed by atoms with Crippen molar-refractivity contribution in [2.75, 3.05) is 12.4 Å². The van der Waals surface area contributed by atoms with Crippen molar-refractivity contribution < 1.29 is 4.79 Å². The third kappa shape index (κ3) is 3.78. The van der Waals surface area contributed by atoms with Crippen LogP contribution in [0.1, 0.15) is 12.5 Å². The number of likely N-dealkylation sites (N-methyl/N-ethyl adjacent to an activating group) is 1. The third-order valence-electron chi connectivity index (χ3n) is 4.07. The predicted octanol–water partition coefficient (Wildman–Crippen LogP) is 4.36. The van der Waals surface area contributed by atoms with E-state index in [9.17, 15) is 4.79 Å². The molecule has 1 N–H and O–H groups in total. The Hall–Kier alpha value is -2.17. The van der Waals surface area contributed by atoms with Crippen molar-refractivity contribution in [3.8, 4) is 0 Å². The number of hydrogen-bond donors (Lipinski definition) is 1. The van der Waals surface area contributed by atoms with Gasteiger partial charge in [0.15, 0.2) is 0 Å². The number of benzene rings is 2. The Bertz CT molecular complexity index is 798. The van der Waals surface area contributed by atoms with E-state index in [1.807, 2.05) is 44.3 Å². The van der Waals surface area contributed by atoms with E-state index >= 15 is 0 Å². The quantitative estimate of drug-likeness (QED) is 0.756. The fourth-order valence-corrected chi connectivity index (χ4v) is 3.18. The van der Waals surface area contributed by atoms with Crippen molar-refractivity contribution in [2.45, 2.75) is 19.5 Å². The summed E-state index contributed by atoms with van der Waals surface area (Å²) in [5.74, 6) is 0.0120. The Morgan fingerprint density at radius 1 is 1.17 bits per heavy atom. The molecule has 0 aliphatic carbocycles. The monoisotopic (exact) mass is 324 g/mol. The van der Waals surface area contributed by atoms with Crippen LogP contribution in [0.2, 0.25) is 0 Å². The van der Waals surface area contributed by atoms with Gasteiger partial charge in [-0.15, -0.1) is 0 Å². The maximum absolute atomic E-state index is 12.5. The van der Waals surface area contributed by atoms with Crippen LogP contribution in [0.4, 0.5) is 5.69 Å². The molecule has 3 rings (SSSR count). The molecule has 0 bridgehead atoms. The molecule has 1 amide bonds. The van der Waals surface area contributed by atoms with Gasteiger partial charge in [0.05, 0.1) is 6.04 Å². The summed E-state index contributed by atoms with van der Waals surface area (Å²) >= 11 is 1.68. The Balaban J connectivity index is 1.66. The van der Waals surface area contributed by atoms with E-state index in [1.165, 1.54) is 10.9 Å². The van der Waals surface area contributed by atoms with Gasteiger partial charge >= 0.3 is 0 Å². The maximum Gasteiger partial charge on any atom is 0.241 e. The highest BCUT2D eigenvalue weighted by Gasteiger charge is 2.18. The molecule has 0 unspecified atom stereocenters. The summed E-state index contributed by atoms with van der Waals surface area (Å²) in [6.07, 6.45) is 0. The number of carbonyl (C=O) groups excluding carboxylic acids is 1. The number of nitrogens with zero attached hydrogens (tertiary/aromatic N) is 1. The molecule has 0 saturated carbocycles. The zero-order valence-electron chi connectivity index (χ0n) is 13.3. The van der Waals surface area contributed by atoms with Crippen LogP contribution in [0, 0.1) is 0 Å². The molecular formula is C19H20N2OS. The zero-order valence-corrected chi connectivity index (χ0v) is 14.1. The van der Waals surface area contributed by atoms with Gasteiger partial charge in [-0.3, -0.25) is 9.69 Å². The van der Waals surface area contributed by atoms with Crippen LogP contribution in [0.25, 0.3) is 10.8 Å². The van der Waals surface area contributed by atoms with Gasteiger partial charge in [0.25, 0.3) is 0 Å². The Kier molecular flexibility index (Phi) is 4.74.